The number of benzene rings is 4. The van der Waals surface area contributed by atoms with Crippen LogP contribution in [0.4, 0.5) is 0 Å². The number of rotatable bonds is 11. The Bertz CT molecular complexity index is 1390. The van der Waals surface area contributed by atoms with Gasteiger partial charge in [-0.15, -0.1) is 0 Å². The number of carbonyl (C=O) groups excluding carboxylic acids is 2. The molecular formula is C32H32Cl2N2O2. The summed E-state index contributed by atoms with van der Waals surface area (Å²) >= 11 is 12.4. The van der Waals surface area contributed by atoms with Gasteiger partial charge in [0.25, 0.3) is 0 Å². The van der Waals surface area contributed by atoms with Crippen LogP contribution in [0.25, 0.3) is 10.8 Å². The molecule has 0 aromatic heterocycles. The predicted octanol–water partition coefficient (Wildman–Crippen LogP) is 7.25. The summed E-state index contributed by atoms with van der Waals surface area (Å²) in [5, 5.41) is 6.16. The number of aryl methyl sites for hydroxylation is 1. The summed E-state index contributed by atoms with van der Waals surface area (Å²) in [4.78, 5) is 29.1. The standard InChI is InChI=1S/C32H32Cl2N2O2/c1-2-19-35-32(38)30(21-23-9-4-3-5-10-23)36(22-24-15-17-28(33)29(34)20-24)31(37)18-16-26-13-8-12-25-11-6-7-14-27(25)26/h3-15,17,20,30H,2,16,18-19,21-22H2,1H3,(H,35,38). The number of hydrogen-bond acceptors (Lipinski definition) is 2. The van der Waals surface area contributed by atoms with E-state index >= 15 is 0 Å². The first-order chi connectivity index (χ1) is 18.5. The number of carbonyl (C=O) groups is 2. The van der Waals surface area contributed by atoms with Gasteiger partial charge in [0.15, 0.2) is 0 Å². The lowest BCUT2D eigenvalue weighted by Crippen LogP contribution is -2.50. The molecule has 6 heteroatoms. The maximum Gasteiger partial charge on any atom is 0.243 e. The Balaban J connectivity index is 1.65. The quantitative estimate of drug-likeness (QED) is 0.215. The number of hydrogen-bond donors (Lipinski definition) is 1. The Kier molecular flexibility index (Phi) is 9.80. The first-order valence-electron chi connectivity index (χ1n) is 13.0. The average molecular weight is 548 g/mol. The normalized spacial score (nSPS) is 11.8. The van der Waals surface area contributed by atoms with Gasteiger partial charge in [0.2, 0.25) is 11.8 Å². The van der Waals surface area contributed by atoms with Crippen LogP contribution in [-0.2, 0) is 29.0 Å². The van der Waals surface area contributed by atoms with Crippen LogP contribution in [0.2, 0.25) is 10.0 Å². The van der Waals surface area contributed by atoms with Gasteiger partial charge in [-0.1, -0.05) is 109 Å². The van der Waals surface area contributed by atoms with E-state index in [1.54, 1.807) is 17.0 Å². The highest BCUT2D eigenvalue weighted by molar-refractivity contribution is 6.42. The van der Waals surface area contributed by atoms with Crippen LogP contribution in [0.5, 0.6) is 0 Å². The molecule has 0 saturated heterocycles. The van der Waals surface area contributed by atoms with Crippen molar-refractivity contribution < 1.29 is 9.59 Å². The zero-order valence-electron chi connectivity index (χ0n) is 21.5. The molecule has 0 spiro atoms. The van der Waals surface area contributed by atoms with Crippen molar-refractivity contribution in [2.75, 3.05) is 6.54 Å². The number of amides is 2. The van der Waals surface area contributed by atoms with Gasteiger partial charge in [-0.05, 0) is 52.4 Å². The van der Waals surface area contributed by atoms with E-state index in [1.165, 1.54) is 0 Å². The molecular weight excluding hydrogens is 515 g/mol. The van der Waals surface area contributed by atoms with E-state index in [4.69, 9.17) is 23.2 Å². The zero-order valence-corrected chi connectivity index (χ0v) is 23.0. The SMILES string of the molecule is CCCNC(=O)C(Cc1ccccc1)N(Cc1ccc(Cl)c(Cl)c1)C(=O)CCc1cccc2ccccc12. The minimum atomic E-state index is -0.668. The molecule has 1 unspecified atom stereocenters. The van der Waals surface area contributed by atoms with Crippen molar-refractivity contribution in [2.45, 2.75) is 45.2 Å². The third-order valence-electron chi connectivity index (χ3n) is 6.65. The minimum absolute atomic E-state index is 0.0865. The summed E-state index contributed by atoms with van der Waals surface area (Å²) in [7, 11) is 0. The molecule has 4 aromatic rings. The maximum atomic E-state index is 13.9. The molecule has 0 bridgehead atoms. The van der Waals surface area contributed by atoms with E-state index in [1.807, 2.05) is 61.5 Å². The monoisotopic (exact) mass is 546 g/mol. The molecule has 0 saturated carbocycles. The van der Waals surface area contributed by atoms with E-state index in [0.717, 1.165) is 33.9 Å². The molecule has 2 amide bonds. The Morgan fingerprint density at radius 3 is 2.34 bits per heavy atom. The summed E-state index contributed by atoms with van der Waals surface area (Å²) in [6.07, 6.45) is 2.08. The highest BCUT2D eigenvalue weighted by atomic mass is 35.5. The summed E-state index contributed by atoms with van der Waals surface area (Å²) in [6, 6.07) is 28.8. The van der Waals surface area contributed by atoms with Gasteiger partial charge >= 0.3 is 0 Å². The van der Waals surface area contributed by atoms with Crippen molar-refractivity contribution in [2.24, 2.45) is 0 Å². The third kappa shape index (κ3) is 7.15. The van der Waals surface area contributed by atoms with Crippen molar-refractivity contribution in [1.29, 1.82) is 0 Å². The second-order valence-corrected chi connectivity index (χ2v) is 10.2. The van der Waals surface area contributed by atoms with Gasteiger partial charge in [0.1, 0.15) is 6.04 Å². The van der Waals surface area contributed by atoms with E-state index < -0.39 is 6.04 Å². The van der Waals surface area contributed by atoms with Gasteiger partial charge in [0.05, 0.1) is 10.0 Å². The van der Waals surface area contributed by atoms with Crippen LogP contribution in [0.15, 0.2) is 91.0 Å². The van der Waals surface area contributed by atoms with E-state index in [0.29, 0.717) is 29.4 Å². The van der Waals surface area contributed by atoms with Crippen molar-refractivity contribution >= 4 is 45.8 Å². The van der Waals surface area contributed by atoms with Crippen LogP contribution >= 0.6 is 23.2 Å². The molecule has 0 radical (unpaired) electrons. The Hall–Kier alpha value is -3.34. The van der Waals surface area contributed by atoms with Crippen LogP contribution < -0.4 is 5.32 Å². The first kappa shape index (κ1) is 27.7. The average Bonchev–Trinajstić information content (AvgIpc) is 2.94. The minimum Gasteiger partial charge on any atom is -0.354 e. The van der Waals surface area contributed by atoms with Gasteiger partial charge < -0.3 is 10.2 Å². The van der Waals surface area contributed by atoms with Crippen molar-refractivity contribution in [1.82, 2.24) is 10.2 Å². The molecule has 38 heavy (non-hydrogen) atoms. The lowest BCUT2D eigenvalue weighted by Gasteiger charge is -2.32. The molecule has 0 heterocycles. The number of nitrogens with one attached hydrogen (secondary N) is 1. The van der Waals surface area contributed by atoms with Crippen molar-refractivity contribution in [3.8, 4) is 0 Å². The second kappa shape index (κ2) is 13.5. The van der Waals surface area contributed by atoms with Crippen molar-refractivity contribution in [3.05, 3.63) is 118 Å². The number of halogens is 2. The molecule has 4 rings (SSSR count). The molecule has 0 fully saturated rings. The molecule has 196 valence electrons. The third-order valence-corrected chi connectivity index (χ3v) is 7.38. The fourth-order valence-electron chi connectivity index (χ4n) is 4.65. The molecule has 0 aliphatic carbocycles. The largest absolute Gasteiger partial charge is 0.354 e. The van der Waals surface area contributed by atoms with Gasteiger partial charge in [-0.25, -0.2) is 0 Å². The van der Waals surface area contributed by atoms with Gasteiger partial charge in [-0.2, -0.15) is 0 Å². The van der Waals surface area contributed by atoms with Crippen LogP contribution in [-0.4, -0.2) is 29.3 Å². The van der Waals surface area contributed by atoms with Crippen LogP contribution in [0.3, 0.4) is 0 Å². The molecule has 1 atom stereocenters. The Morgan fingerprint density at radius 2 is 1.58 bits per heavy atom. The zero-order chi connectivity index (χ0) is 26.9. The van der Waals surface area contributed by atoms with Crippen molar-refractivity contribution in [3.63, 3.8) is 0 Å². The summed E-state index contributed by atoms with van der Waals surface area (Å²) in [6.45, 7) is 2.81. The van der Waals surface area contributed by atoms with E-state index in [-0.39, 0.29) is 24.8 Å². The fourth-order valence-corrected chi connectivity index (χ4v) is 4.97. The molecule has 4 aromatic carbocycles. The summed E-state index contributed by atoms with van der Waals surface area (Å²) in [5.74, 6) is -0.245. The van der Waals surface area contributed by atoms with E-state index in [2.05, 4.69) is 29.6 Å². The molecule has 1 N–H and O–H groups in total. The smallest absolute Gasteiger partial charge is 0.243 e. The molecule has 0 aliphatic heterocycles. The summed E-state index contributed by atoms with van der Waals surface area (Å²) < 4.78 is 0. The van der Waals surface area contributed by atoms with Gasteiger partial charge in [-0.3, -0.25) is 9.59 Å². The number of fused-ring (bicyclic) bond motifs is 1. The van der Waals surface area contributed by atoms with Crippen LogP contribution in [0, 0.1) is 0 Å². The second-order valence-electron chi connectivity index (χ2n) is 9.40. The van der Waals surface area contributed by atoms with Crippen LogP contribution in [0.1, 0.15) is 36.5 Å². The van der Waals surface area contributed by atoms with Gasteiger partial charge in [0, 0.05) is 25.9 Å². The highest BCUT2D eigenvalue weighted by Gasteiger charge is 2.30. The topological polar surface area (TPSA) is 49.4 Å². The lowest BCUT2D eigenvalue weighted by molar-refractivity contribution is -0.141. The number of nitrogens with zero attached hydrogens (tertiary/aromatic N) is 1. The predicted molar refractivity (Wildman–Crippen MR) is 157 cm³/mol. The van der Waals surface area contributed by atoms with E-state index in [9.17, 15) is 9.59 Å². The Labute approximate surface area is 234 Å². The highest BCUT2D eigenvalue weighted by Crippen LogP contribution is 2.25. The Morgan fingerprint density at radius 1 is 0.842 bits per heavy atom. The molecule has 4 nitrogen and oxygen atoms in total. The molecule has 0 aliphatic rings. The first-order valence-corrected chi connectivity index (χ1v) is 13.7. The maximum absolute atomic E-state index is 13.9. The summed E-state index contributed by atoms with van der Waals surface area (Å²) in [5.41, 5.74) is 2.92. The fraction of sp³-hybridized carbons (Fsp3) is 0.250. The lowest BCUT2D eigenvalue weighted by atomic mass is 9.99.